The zero-order valence-corrected chi connectivity index (χ0v) is 15.7. The van der Waals surface area contributed by atoms with Gasteiger partial charge in [-0.25, -0.2) is 14.4 Å². The van der Waals surface area contributed by atoms with Gasteiger partial charge in [0.25, 0.3) is 0 Å². The van der Waals surface area contributed by atoms with E-state index in [1.165, 1.54) is 18.3 Å². The number of nitriles is 1. The molecule has 0 saturated carbocycles. The molecule has 10 heteroatoms. The van der Waals surface area contributed by atoms with Crippen molar-refractivity contribution in [2.75, 3.05) is 5.73 Å². The molecule has 3 aromatic rings. The van der Waals surface area contributed by atoms with E-state index in [9.17, 15) is 23.2 Å². The Morgan fingerprint density at radius 3 is 2.42 bits per heavy atom. The quantitative estimate of drug-likeness (QED) is 0.622. The van der Waals surface area contributed by atoms with Crippen molar-refractivity contribution in [3.8, 4) is 17.5 Å². The van der Waals surface area contributed by atoms with Crippen LogP contribution in [0, 0.1) is 11.3 Å². The van der Waals surface area contributed by atoms with E-state index in [0.717, 1.165) is 22.3 Å². The van der Waals surface area contributed by atoms with Gasteiger partial charge in [-0.3, -0.25) is 0 Å². The van der Waals surface area contributed by atoms with Gasteiger partial charge in [0.1, 0.15) is 23.3 Å². The molecule has 0 radical (unpaired) electrons. The number of nitrogens with two attached hydrogens (primary N) is 1. The summed E-state index contributed by atoms with van der Waals surface area (Å²) in [5, 5.41) is 9.28. The molecule has 0 aliphatic rings. The number of hydrogen-bond donors (Lipinski definition) is 1. The van der Waals surface area contributed by atoms with Gasteiger partial charge in [0.2, 0.25) is 0 Å². The highest BCUT2D eigenvalue weighted by Gasteiger charge is 2.31. The first kappa shape index (κ1) is 21.3. The van der Waals surface area contributed by atoms with Crippen molar-refractivity contribution in [2.45, 2.75) is 6.36 Å². The smallest absolute Gasteiger partial charge is 0.406 e. The Morgan fingerprint density at radius 1 is 1.13 bits per heavy atom. The van der Waals surface area contributed by atoms with Crippen LogP contribution < -0.4 is 16.2 Å². The minimum atomic E-state index is -4.84. The lowest BCUT2D eigenvalue weighted by Gasteiger charge is -2.13. The van der Waals surface area contributed by atoms with Gasteiger partial charge in [0.05, 0.1) is 5.69 Å². The first-order valence-corrected chi connectivity index (χ1v) is 8.73. The number of rotatable bonds is 5. The second-order valence-electron chi connectivity index (χ2n) is 6.01. The van der Waals surface area contributed by atoms with E-state index in [1.807, 2.05) is 30.3 Å². The third-order valence-corrected chi connectivity index (χ3v) is 3.92. The molecule has 0 spiro atoms. The third-order valence-electron chi connectivity index (χ3n) is 3.92. The molecule has 0 aliphatic carbocycles. The monoisotopic (exact) mass is 425 g/mol. The fourth-order valence-corrected chi connectivity index (χ4v) is 2.62. The second kappa shape index (κ2) is 8.96. The lowest BCUT2D eigenvalue weighted by Crippen LogP contribution is -2.25. The minimum absolute atomic E-state index is 0.0459. The Balaban J connectivity index is 1.96. The molecular formula is C21H14F3N5O2. The van der Waals surface area contributed by atoms with E-state index in [4.69, 9.17) is 5.73 Å². The first-order chi connectivity index (χ1) is 14.8. The van der Waals surface area contributed by atoms with Gasteiger partial charge in [0, 0.05) is 6.21 Å². The number of nitrogen functional groups attached to an aromatic ring is 1. The Hall–Kier alpha value is -4.39. The molecule has 156 valence electrons. The van der Waals surface area contributed by atoms with Crippen LogP contribution in [0.3, 0.4) is 0 Å². The maximum absolute atomic E-state index is 12.3. The second-order valence-corrected chi connectivity index (χ2v) is 6.01. The fraction of sp³-hybridized carbons (Fsp3) is 0.0476. The normalized spacial score (nSPS) is 11.7. The number of ether oxygens (including phenoxy) is 1. The van der Waals surface area contributed by atoms with Crippen LogP contribution in [0.15, 0.2) is 70.5 Å². The summed E-state index contributed by atoms with van der Waals surface area (Å²) < 4.78 is 41.7. The van der Waals surface area contributed by atoms with Gasteiger partial charge in [-0.2, -0.15) is 10.2 Å². The Morgan fingerprint density at radius 2 is 1.81 bits per heavy atom. The summed E-state index contributed by atoms with van der Waals surface area (Å²) in [6.07, 6.45) is -0.0674. The zero-order valence-electron chi connectivity index (χ0n) is 15.7. The number of nitrogens with zero attached hydrogens (tertiary/aromatic N) is 4. The van der Waals surface area contributed by atoms with Crippen molar-refractivity contribution in [2.24, 2.45) is 4.99 Å². The van der Waals surface area contributed by atoms with E-state index in [-0.39, 0.29) is 22.9 Å². The maximum atomic E-state index is 12.3. The number of alkyl halides is 3. The number of benzene rings is 2. The maximum Gasteiger partial charge on any atom is 0.573 e. The standard InChI is InChI=1S/C21H14F3N5O2/c22-21(23,24)31-16-10-8-15(9-11-16)29-19(26)18(17(13-25)28-20(29)30)27-12-4-7-14-5-2-1-3-6-14/h1-12H,26H2. The van der Waals surface area contributed by atoms with Crippen LogP contribution in [0.4, 0.5) is 24.7 Å². The van der Waals surface area contributed by atoms with Crippen LogP contribution in [-0.2, 0) is 0 Å². The molecule has 1 aromatic heterocycles. The summed E-state index contributed by atoms with van der Waals surface area (Å²) in [6, 6.07) is 15.6. The van der Waals surface area contributed by atoms with E-state index in [0.29, 0.717) is 0 Å². The summed E-state index contributed by atoms with van der Waals surface area (Å²) >= 11 is 0. The molecule has 0 bridgehead atoms. The predicted octanol–water partition coefficient (Wildman–Crippen LogP) is 4.00. The number of halogens is 3. The van der Waals surface area contributed by atoms with Gasteiger partial charge in [-0.15, -0.1) is 13.2 Å². The predicted molar refractivity (Wildman–Crippen MR) is 109 cm³/mol. The molecule has 2 aromatic carbocycles. The van der Waals surface area contributed by atoms with Crippen molar-refractivity contribution >= 4 is 23.8 Å². The van der Waals surface area contributed by atoms with Crippen molar-refractivity contribution in [1.29, 1.82) is 5.26 Å². The molecule has 0 aliphatic heterocycles. The Bertz CT molecular complexity index is 1230. The highest BCUT2D eigenvalue weighted by Crippen LogP contribution is 2.27. The summed E-state index contributed by atoms with van der Waals surface area (Å²) in [6.45, 7) is 0. The molecule has 0 saturated heterocycles. The fourth-order valence-electron chi connectivity index (χ4n) is 2.62. The summed E-state index contributed by atoms with van der Waals surface area (Å²) in [7, 11) is 0. The van der Waals surface area contributed by atoms with Crippen LogP contribution >= 0.6 is 0 Å². The van der Waals surface area contributed by atoms with Gasteiger partial charge in [-0.05, 0) is 35.9 Å². The molecule has 2 N–H and O–H groups in total. The van der Waals surface area contributed by atoms with E-state index in [2.05, 4.69) is 14.7 Å². The van der Waals surface area contributed by atoms with Crippen LogP contribution in [0.1, 0.15) is 11.3 Å². The van der Waals surface area contributed by atoms with Gasteiger partial charge in [0.15, 0.2) is 5.69 Å². The van der Waals surface area contributed by atoms with Crippen LogP contribution in [0.2, 0.25) is 0 Å². The Labute approximate surface area is 174 Å². The summed E-state index contributed by atoms with van der Waals surface area (Å²) in [4.78, 5) is 20.1. The topological polar surface area (TPSA) is 106 Å². The van der Waals surface area contributed by atoms with Crippen molar-refractivity contribution in [3.63, 3.8) is 0 Å². The highest BCUT2D eigenvalue weighted by molar-refractivity contribution is 5.83. The lowest BCUT2D eigenvalue weighted by molar-refractivity contribution is -0.274. The van der Waals surface area contributed by atoms with Gasteiger partial charge >= 0.3 is 12.1 Å². The molecule has 3 rings (SSSR count). The molecule has 1 heterocycles. The summed E-state index contributed by atoms with van der Waals surface area (Å²) in [5.41, 5.74) is 5.90. The van der Waals surface area contributed by atoms with Gasteiger partial charge < -0.3 is 10.5 Å². The van der Waals surface area contributed by atoms with Crippen LogP contribution in [0.5, 0.6) is 5.75 Å². The average molecular weight is 425 g/mol. The lowest BCUT2D eigenvalue weighted by atomic mass is 10.2. The highest BCUT2D eigenvalue weighted by atomic mass is 19.4. The minimum Gasteiger partial charge on any atom is -0.406 e. The molecule has 0 unspecified atom stereocenters. The van der Waals surface area contributed by atoms with E-state index >= 15 is 0 Å². The largest absolute Gasteiger partial charge is 0.573 e. The van der Waals surface area contributed by atoms with E-state index in [1.54, 1.807) is 18.2 Å². The average Bonchev–Trinajstić information content (AvgIpc) is 2.73. The molecule has 0 fully saturated rings. The zero-order chi connectivity index (χ0) is 22.4. The van der Waals surface area contributed by atoms with Crippen molar-refractivity contribution in [3.05, 3.63) is 82.4 Å². The van der Waals surface area contributed by atoms with Gasteiger partial charge in [-0.1, -0.05) is 36.4 Å². The van der Waals surface area contributed by atoms with Crippen LogP contribution in [-0.4, -0.2) is 22.1 Å². The molecule has 7 nitrogen and oxygen atoms in total. The molecular weight excluding hydrogens is 411 g/mol. The third kappa shape index (κ3) is 5.36. The molecule has 0 atom stereocenters. The number of allylic oxidation sites excluding steroid dienone is 1. The number of aliphatic imine (C=N–C) groups is 1. The Kier molecular flexibility index (Phi) is 6.16. The summed E-state index contributed by atoms with van der Waals surface area (Å²) in [5.74, 6) is -0.654. The van der Waals surface area contributed by atoms with E-state index < -0.39 is 17.8 Å². The molecule has 31 heavy (non-hydrogen) atoms. The SMILES string of the molecule is N#Cc1nc(=O)n(-c2ccc(OC(F)(F)F)cc2)c(N)c1N=CC=Cc1ccccc1. The molecule has 0 amide bonds. The number of anilines is 1. The van der Waals surface area contributed by atoms with Crippen molar-refractivity contribution < 1.29 is 17.9 Å². The first-order valence-electron chi connectivity index (χ1n) is 8.73. The number of aromatic nitrogens is 2. The van der Waals surface area contributed by atoms with Crippen LogP contribution in [0.25, 0.3) is 11.8 Å². The number of hydrogen-bond acceptors (Lipinski definition) is 6. The van der Waals surface area contributed by atoms with Crippen molar-refractivity contribution in [1.82, 2.24) is 9.55 Å².